The van der Waals surface area contributed by atoms with Crippen molar-refractivity contribution in [2.75, 3.05) is 13.2 Å². The van der Waals surface area contributed by atoms with Crippen molar-refractivity contribution in [2.24, 2.45) is 0 Å². The average molecular weight is 281 g/mol. The van der Waals surface area contributed by atoms with E-state index in [2.05, 4.69) is 5.32 Å². The minimum absolute atomic E-state index is 0.187. The van der Waals surface area contributed by atoms with Crippen molar-refractivity contribution >= 4 is 29.3 Å². The topological polar surface area (TPSA) is 75.6 Å². The van der Waals surface area contributed by atoms with Gasteiger partial charge in [0.05, 0.1) is 17.0 Å². The highest BCUT2D eigenvalue weighted by Crippen LogP contribution is 2.22. The number of amides is 1. The molecule has 1 aliphatic heterocycles. The standard InChI is InChI=1S/C13H15NO4S/c1-13(5-6-18-8-13)14-12(17)11-9(4-7-19-11)2-3-10(15)16/h2-4,7H,5-6,8H2,1H3,(H,14,17)(H,15,16)/b3-2+. The molecule has 0 saturated carbocycles. The SMILES string of the molecule is CC1(NC(=O)c2sccc2/C=C/C(=O)O)CCOC1. The first kappa shape index (κ1) is 13.8. The van der Waals surface area contributed by atoms with Crippen molar-refractivity contribution in [3.63, 3.8) is 0 Å². The number of ether oxygens (including phenoxy) is 1. The largest absolute Gasteiger partial charge is 0.478 e. The van der Waals surface area contributed by atoms with Crippen molar-refractivity contribution in [2.45, 2.75) is 18.9 Å². The van der Waals surface area contributed by atoms with Gasteiger partial charge in [-0.3, -0.25) is 4.79 Å². The lowest BCUT2D eigenvalue weighted by Gasteiger charge is -2.23. The first-order valence-corrected chi connectivity index (χ1v) is 6.77. The molecule has 0 bridgehead atoms. The Balaban J connectivity index is 2.11. The fraction of sp³-hybridized carbons (Fsp3) is 0.385. The van der Waals surface area contributed by atoms with Gasteiger partial charge in [0.15, 0.2) is 0 Å². The van der Waals surface area contributed by atoms with Crippen LogP contribution in [0, 0.1) is 0 Å². The Morgan fingerprint density at radius 1 is 1.58 bits per heavy atom. The molecule has 1 fully saturated rings. The number of hydrogen-bond donors (Lipinski definition) is 2. The number of nitrogens with one attached hydrogen (secondary N) is 1. The summed E-state index contributed by atoms with van der Waals surface area (Å²) in [6.07, 6.45) is 3.24. The maximum absolute atomic E-state index is 12.2. The molecule has 102 valence electrons. The average Bonchev–Trinajstić information content (AvgIpc) is 2.95. The van der Waals surface area contributed by atoms with Crippen LogP contribution in [-0.4, -0.2) is 35.7 Å². The van der Waals surface area contributed by atoms with Gasteiger partial charge >= 0.3 is 5.97 Å². The summed E-state index contributed by atoms with van der Waals surface area (Å²) >= 11 is 1.29. The number of thiophene rings is 1. The molecule has 19 heavy (non-hydrogen) atoms. The van der Waals surface area contributed by atoms with E-state index in [1.807, 2.05) is 6.92 Å². The summed E-state index contributed by atoms with van der Waals surface area (Å²) < 4.78 is 5.28. The third-order valence-corrected chi connectivity index (χ3v) is 3.87. The van der Waals surface area contributed by atoms with Gasteiger partial charge in [-0.2, -0.15) is 0 Å². The highest BCUT2D eigenvalue weighted by atomic mass is 32.1. The number of carboxylic acids is 1. The molecule has 1 aliphatic rings. The highest BCUT2D eigenvalue weighted by Gasteiger charge is 2.32. The summed E-state index contributed by atoms with van der Waals surface area (Å²) in [6, 6.07) is 1.73. The van der Waals surface area contributed by atoms with Gasteiger partial charge in [-0.15, -0.1) is 11.3 Å². The van der Waals surface area contributed by atoms with Crippen LogP contribution < -0.4 is 5.32 Å². The number of rotatable bonds is 4. The van der Waals surface area contributed by atoms with Crippen LogP contribution in [0.1, 0.15) is 28.6 Å². The predicted octanol–water partition coefficient (Wildman–Crippen LogP) is 1.75. The number of hydrogen-bond acceptors (Lipinski definition) is 4. The van der Waals surface area contributed by atoms with Crippen molar-refractivity contribution in [1.29, 1.82) is 0 Å². The molecule has 1 saturated heterocycles. The zero-order chi connectivity index (χ0) is 13.9. The van der Waals surface area contributed by atoms with Crippen LogP contribution in [0.4, 0.5) is 0 Å². The van der Waals surface area contributed by atoms with Gasteiger partial charge in [-0.1, -0.05) is 0 Å². The molecule has 6 heteroatoms. The Morgan fingerprint density at radius 2 is 2.37 bits per heavy atom. The molecule has 5 nitrogen and oxygen atoms in total. The van der Waals surface area contributed by atoms with Crippen molar-refractivity contribution in [1.82, 2.24) is 5.32 Å². The van der Waals surface area contributed by atoms with Crippen LogP contribution in [0.15, 0.2) is 17.5 Å². The molecule has 2 rings (SSSR count). The highest BCUT2D eigenvalue weighted by molar-refractivity contribution is 7.12. The molecular formula is C13H15NO4S. The van der Waals surface area contributed by atoms with E-state index in [4.69, 9.17) is 9.84 Å². The molecule has 0 spiro atoms. The second-order valence-corrected chi connectivity index (χ2v) is 5.61. The molecule has 0 radical (unpaired) electrons. The molecule has 1 aromatic heterocycles. The molecule has 1 amide bonds. The molecule has 1 aromatic rings. The lowest BCUT2D eigenvalue weighted by molar-refractivity contribution is -0.131. The Morgan fingerprint density at radius 3 is 3.00 bits per heavy atom. The fourth-order valence-electron chi connectivity index (χ4n) is 1.89. The Hall–Kier alpha value is -1.66. The third-order valence-electron chi connectivity index (χ3n) is 2.94. The van der Waals surface area contributed by atoms with Gasteiger partial charge in [0, 0.05) is 12.7 Å². The van der Waals surface area contributed by atoms with Gasteiger partial charge in [0.2, 0.25) is 0 Å². The Labute approximate surface area is 114 Å². The molecule has 2 heterocycles. The van der Waals surface area contributed by atoms with E-state index in [1.54, 1.807) is 11.4 Å². The van der Waals surface area contributed by atoms with Crippen molar-refractivity contribution in [3.05, 3.63) is 28.0 Å². The number of carboxylic acid groups (broad SMARTS) is 1. The van der Waals surface area contributed by atoms with E-state index < -0.39 is 5.97 Å². The third kappa shape index (κ3) is 3.42. The van der Waals surface area contributed by atoms with Gasteiger partial charge in [-0.05, 0) is 36.4 Å². The number of carbonyl (C=O) groups is 2. The minimum atomic E-state index is -1.03. The predicted molar refractivity (Wildman–Crippen MR) is 72.3 cm³/mol. The van der Waals surface area contributed by atoms with Crippen LogP contribution in [0.5, 0.6) is 0 Å². The minimum Gasteiger partial charge on any atom is -0.478 e. The zero-order valence-electron chi connectivity index (χ0n) is 10.5. The van der Waals surface area contributed by atoms with Crippen LogP contribution >= 0.6 is 11.3 Å². The molecule has 2 N–H and O–H groups in total. The normalized spacial score (nSPS) is 22.8. The first-order valence-electron chi connectivity index (χ1n) is 5.89. The summed E-state index contributed by atoms with van der Waals surface area (Å²) in [7, 11) is 0. The van der Waals surface area contributed by atoms with E-state index in [0.29, 0.717) is 23.7 Å². The van der Waals surface area contributed by atoms with Crippen LogP contribution in [-0.2, 0) is 9.53 Å². The molecule has 0 aromatic carbocycles. The Kier molecular flexibility index (Phi) is 4.01. The van der Waals surface area contributed by atoms with E-state index in [0.717, 1.165) is 12.5 Å². The first-order chi connectivity index (χ1) is 9.00. The zero-order valence-corrected chi connectivity index (χ0v) is 11.3. The van der Waals surface area contributed by atoms with E-state index >= 15 is 0 Å². The van der Waals surface area contributed by atoms with Crippen molar-refractivity contribution in [3.8, 4) is 0 Å². The monoisotopic (exact) mass is 281 g/mol. The Bertz CT molecular complexity index is 514. The van der Waals surface area contributed by atoms with Gasteiger partial charge in [0.1, 0.15) is 0 Å². The molecular weight excluding hydrogens is 266 g/mol. The number of carbonyl (C=O) groups excluding carboxylic acids is 1. The van der Waals surface area contributed by atoms with Gasteiger partial charge in [-0.25, -0.2) is 4.79 Å². The fourth-order valence-corrected chi connectivity index (χ4v) is 2.67. The maximum Gasteiger partial charge on any atom is 0.328 e. The summed E-state index contributed by atoms with van der Waals surface area (Å²) in [5.41, 5.74) is 0.280. The summed E-state index contributed by atoms with van der Waals surface area (Å²) in [6.45, 7) is 3.09. The second kappa shape index (κ2) is 5.54. The number of aliphatic carboxylic acids is 1. The van der Waals surface area contributed by atoms with E-state index in [9.17, 15) is 9.59 Å². The quantitative estimate of drug-likeness (QED) is 0.824. The summed E-state index contributed by atoms with van der Waals surface area (Å²) in [4.78, 5) is 23.2. The van der Waals surface area contributed by atoms with E-state index in [1.165, 1.54) is 17.4 Å². The molecule has 1 atom stereocenters. The smallest absolute Gasteiger partial charge is 0.328 e. The van der Waals surface area contributed by atoms with Crippen LogP contribution in [0.25, 0.3) is 6.08 Å². The molecule has 0 aliphatic carbocycles. The van der Waals surface area contributed by atoms with Gasteiger partial charge in [0.25, 0.3) is 5.91 Å². The maximum atomic E-state index is 12.2. The van der Waals surface area contributed by atoms with Gasteiger partial charge < -0.3 is 15.2 Å². The summed E-state index contributed by atoms with van der Waals surface area (Å²) in [5, 5.41) is 13.3. The van der Waals surface area contributed by atoms with E-state index in [-0.39, 0.29) is 11.4 Å². The molecule has 1 unspecified atom stereocenters. The summed E-state index contributed by atoms with van der Waals surface area (Å²) in [5.74, 6) is -1.22. The van der Waals surface area contributed by atoms with Crippen LogP contribution in [0.3, 0.4) is 0 Å². The van der Waals surface area contributed by atoms with Crippen molar-refractivity contribution < 1.29 is 19.4 Å². The van der Waals surface area contributed by atoms with Crippen LogP contribution in [0.2, 0.25) is 0 Å². The second-order valence-electron chi connectivity index (χ2n) is 4.69. The lowest BCUT2D eigenvalue weighted by atomic mass is 10.0. The lowest BCUT2D eigenvalue weighted by Crippen LogP contribution is -2.46.